The average molecular weight is 224 g/mol. The zero-order valence-corrected chi connectivity index (χ0v) is 11.2. The quantitative estimate of drug-likeness (QED) is 0.772. The molecule has 16 heavy (non-hydrogen) atoms. The van der Waals surface area contributed by atoms with Crippen molar-refractivity contribution in [1.29, 1.82) is 0 Å². The van der Waals surface area contributed by atoms with Crippen molar-refractivity contribution in [2.45, 2.75) is 58.0 Å². The van der Waals surface area contributed by atoms with Crippen LogP contribution in [-0.2, 0) is 0 Å². The Bertz CT molecular complexity index is 213. The van der Waals surface area contributed by atoms with Gasteiger partial charge in [-0.05, 0) is 51.1 Å². The molecule has 2 nitrogen and oxygen atoms in total. The second-order valence-corrected chi connectivity index (χ2v) is 5.78. The van der Waals surface area contributed by atoms with Gasteiger partial charge in [-0.2, -0.15) is 0 Å². The first kappa shape index (κ1) is 12.4. The zero-order chi connectivity index (χ0) is 11.5. The van der Waals surface area contributed by atoms with E-state index < -0.39 is 0 Å². The summed E-state index contributed by atoms with van der Waals surface area (Å²) in [6, 6.07) is 1.56. The maximum absolute atomic E-state index is 3.75. The van der Waals surface area contributed by atoms with E-state index in [0.29, 0.717) is 0 Å². The highest BCUT2D eigenvalue weighted by molar-refractivity contribution is 4.95. The summed E-state index contributed by atoms with van der Waals surface area (Å²) in [5, 5.41) is 3.75. The normalized spacial score (nSPS) is 33.9. The van der Waals surface area contributed by atoms with Gasteiger partial charge in [0.25, 0.3) is 0 Å². The molecule has 2 heteroatoms. The molecule has 2 aliphatic rings. The Kier molecular flexibility index (Phi) is 4.26. The molecular formula is C14H28N2. The molecule has 1 heterocycles. The summed E-state index contributed by atoms with van der Waals surface area (Å²) in [6.45, 7) is 7.16. The Morgan fingerprint density at radius 2 is 2.00 bits per heavy atom. The minimum Gasteiger partial charge on any atom is -0.312 e. The van der Waals surface area contributed by atoms with Crippen LogP contribution < -0.4 is 5.32 Å². The minimum absolute atomic E-state index is 0.776. The van der Waals surface area contributed by atoms with Gasteiger partial charge in [-0.25, -0.2) is 0 Å². The molecule has 3 atom stereocenters. The lowest BCUT2D eigenvalue weighted by Gasteiger charge is -2.30. The maximum atomic E-state index is 3.75. The maximum Gasteiger partial charge on any atom is 0.0226 e. The molecule has 1 saturated carbocycles. The number of likely N-dealkylation sites (N-methyl/N-ethyl adjacent to an activating group) is 1. The number of nitrogens with zero attached hydrogens (tertiary/aromatic N) is 1. The van der Waals surface area contributed by atoms with Crippen molar-refractivity contribution in [3.05, 3.63) is 0 Å². The van der Waals surface area contributed by atoms with E-state index >= 15 is 0 Å². The Hall–Kier alpha value is -0.0800. The van der Waals surface area contributed by atoms with Crippen LogP contribution in [0.2, 0.25) is 0 Å². The number of hydrogen-bond acceptors (Lipinski definition) is 2. The Morgan fingerprint density at radius 1 is 1.25 bits per heavy atom. The van der Waals surface area contributed by atoms with E-state index in [9.17, 15) is 0 Å². The van der Waals surface area contributed by atoms with E-state index in [2.05, 4.69) is 31.1 Å². The van der Waals surface area contributed by atoms with E-state index in [1.165, 1.54) is 45.2 Å². The third-order valence-electron chi connectivity index (χ3n) is 4.93. The van der Waals surface area contributed by atoms with Gasteiger partial charge in [-0.15, -0.1) is 0 Å². The third kappa shape index (κ3) is 2.43. The number of hydrogen-bond donors (Lipinski definition) is 1. The molecule has 2 fully saturated rings. The van der Waals surface area contributed by atoms with Crippen LogP contribution in [0, 0.1) is 11.8 Å². The van der Waals surface area contributed by atoms with Crippen molar-refractivity contribution in [3.8, 4) is 0 Å². The lowest BCUT2D eigenvalue weighted by Crippen LogP contribution is -2.43. The molecule has 0 aromatic carbocycles. The van der Waals surface area contributed by atoms with Crippen LogP contribution in [0.1, 0.15) is 46.0 Å². The monoisotopic (exact) mass is 224 g/mol. The van der Waals surface area contributed by atoms with Crippen molar-refractivity contribution < 1.29 is 0 Å². The van der Waals surface area contributed by atoms with Crippen LogP contribution in [-0.4, -0.2) is 37.1 Å². The molecule has 1 aliphatic carbocycles. The van der Waals surface area contributed by atoms with E-state index in [0.717, 1.165) is 23.9 Å². The van der Waals surface area contributed by atoms with Crippen molar-refractivity contribution in [1.82, 2.24) is 10.2 Å². The van der Waals surface area contributed by atoms with Gasteiger partial charge in [0.15, 0.2) is 0 Å². The summed E-state index contributed by atoms with van der Waals surface area (Å²) >= 11 is 0. The van der Waals surface area contributed by atoms with Crippen LogP contribution >= 0.6 is 0 Å². The predicted molar refractivity (Wildman–Crippen MR) is 69.6 cm³/mol. The van der Waals surface area contributed by atoms with Gasteiger partial charge in [0.05, 0.1) is 0 Å². The van der Waals surface area contributed by atoms with Crippen molar-refractivity contribution in [2.24, 2.45) is 11.8 Å². The van der Waals surface area contributed by atoms with Crippen LogP contribution in [0.15, 0.2) is 0 Å². The minimum atomic E-state index is 0.776. The molecule has 0 bridgehead atoms. The van der Waals surface area contributed by atoms with E-state index in [1.807, 2.05) is 0 Å². The molecule has 0 aromatic rings. The molecule has 94 valence electrons. The molecule has 3 unspecified atom stereocenters. The van der Waals surface area contributed by atoms with Gasteiger partial charge in [0.2, 0.25) is 0 Å². The molecule has 1 N–H and O–H groups in total. The Labute approximate surface area is 101 Å². The third-order valence-corrected chi connectivity index (χ3v) is 4.93. The van der Waals surface area contributed by atoms with E-state index in [4.69, 9.17) is 0 Å². The summed E-state index contributed by atoms with van der Waals surface area (Å²) in [4.78, 5) is 2.58. The van der Waals surface area contributed by atoms with E-state index in [-0.39, 0.29) is 0 Å². The van der Waals surface area contributed by atoms with Crippen molar-refractivity contribution in [2.75, 3.05) is 20.1 Å². The highest BCUT2D eigenvalue weighted by atomic mass is 15.2. The molecule has 0 aromatic heterocycles. The largest absolute Gasteiger partial charge is 0.312 e. The highest BCUT2D eigenvalue weighted by Crippen LogP contribution is 2.37. The van der Waals surface area contributed by atoms with Gasteiger partial charge < -0.3 is 10.2 Å². The summed E-state index contributed by atoms with van der Waals surface area (Å²) in [5.41, 5.74) is 0. The summed E-state index contributed by atoms with van der Waals surface area (Å²) in [6.07, 6.45) is 6.99. The number of rotatable bonds is 5. The van der Waals surface area contributed by atoms with Crippen molar-refractivity contribution in [3.63, 3.8) is 0 Å². The van der Waals surface area contributed by atoms with Crippen LogP contribution in [0.4, 0.5) is 0 Å². The van der Waals surface area contributed by atoms with Gasteiger partial charge in [-0.1, -0.05) is 20.3 Å². The summed E-state index contributed by atoms with van der Waals surface area (Å²) in [5.74, 6) is 1.98. The van der Waals surface area contributed by atoms with Gasteiger partial charge in [0, 0.05) is 18.6 Å². The molecule has 2 rings (SSSR count). The fourth-order valence-corrected chi connectivity index (χ4v) is 3.87. The molecular weight excluding hydrogens is 196 g/mol. The van der Waals surface area contributed by atoms with Gasteiger partial charge in [0.1, 0.15) is 0 Å². The summed E-state index contributed by atoms with van der Waals surface area (Å²) in [7, 11) is 2.31. The van der Waals surface area contributed by atoms with E-state index in [1.54, 1.807) is 0 Å². The fraction of sp³-hybridized carbons (Fsp3) is 1.00. The Balaban J connectivity index is 1.85. The first-order valence-electron chi connectivity index (χ1n) is 7.19. The SMILES string of the molecule is CCC(CC)N(C)CC1NCC2CCCC21. The standard InChI is InChI=1S/C14H28N2/c1-4-12(5-2)16(3)10-14-13-8-6-7-11(13)9-15-14/h11-15H,4-10H2,1-3H3. The number of fused-ring (bicyclic) bond motifs is 1. The van der Waals surface area contributed by atoms with Crippen LogP contribution in [0.3, 0.4) is 0 Å². The van der Waals surface area contributed by atoms with Gasteiger partial charge >= 0.3 is 0 Å². The summed E-state index contributed by atoms with van der Waals surface area (Å²) < 4.78 is 0. The van der Waals surface area contributed by atoms with Crippen molar-refractivity contribution >= 4 is 0 Å². The predicted octanol–water partition coefficient (Wildman–Crippen LogP) is 2.49. The Morgan fingerprint density at radius 3 is 2.69 bits per heavy atom. The zero-order valence-electron chi connectivity index (χ0n) is 11.2. The smallest absolute Gasteiger partial charge is 0.0226 e. The highest BCUT2D eigenvalue weighted by Gasteiger charge is 2.39. The molecule has 1 saturated heterocycles. The lowest BCUT2D eigenvalue weighted by atomic mass is 9.93. The fourth-order valence-electron chi connectivity index (χ4n) is 3.87. The average Bonchev–Trinajstić information content (AvgIpc) is 2.85. The molecule has 1 aliphatic heterocycles. The first-order chi connectivity index (χ1) is 7.76. The van der Waals surface area contributed by atoms with Crippen LogP contribution in [0.25, 0.3) is 0 Å². The van der Waals surface area contributed by atoms with Gasteiger partial charge in [-0.3, -0.25) is 0 Å². The molecule has 0 amide bonds. The number of nitrogens with one attached hydrogen (secondary N) is 1. The lowest BCUT2D eigenvalue weighted by molar-refractivity contribution is 0.194. The molecule has 0 spiro atoms. The second-order valence-electron chi connectivity index (χ2n) is 5.78. The van der Waals surface area contributed by atoms with Crippen LogP contribution in [0.5, 0.6) is 0 Å². The first-order valence-corrected chi connectivity index (χ1v) is 7.19. The second kappa shape index (κ2) is 5.50. The molecule has 0 radical (unpaired) electrons. The topological polar surface area (TPSA) is 15.3 Å².